The lowest BCUT2D eigenvalue weighted by atomic mass is 10.1. The second-order valence-electron chi connectivity index (χ2n) is 10.9. The Bertz CT molecular complexity index is 1820. The van der Waals surface area contributed by atoms with Crippen molar-refractivity contribution in [2.75, 3.05) is 51.1 Å². The molecule has 16 nitrogen and oxygen atoms in total. The van der Waals surface area contributed by atoms with Gasteiger partial charge in [0.15, 0.2) is 11.3 Å². The topological polar surface area (TPSA) is 216 Å². The normalized spacial score (nSPS) is 11.6. The van der Waals surface area contributed by atoms with Gasteiger partial charge in [0.1, 0.15) is 24.2 Å². The molecule has 0 atom stereocenters. The van der Waals surface area contributed by atoms with Crippen LogP contribution in [-0.2, 0) is 45.4 Å². The van der Waals surface area contributed by atoms with Crippen LogP contribution in [0.5, 0.6) is 11.8 Å². The summed E-state index contributed by atoms with van der Waals surface area (Å²) in [6.45, 7) is 4.60. The van der Waals surface area contributed by atoms with Crippen molar-refractivity contribution in [2.24, 2.45) is 0 Å². The molecule has 0 aliphatic heterocycles. The van der Waals surface area contributed by atoms with Gasteiger partial charge in [-0.3, -0.25) is 0 Å². The Labute approximate surface area is 287 Å². The standard InChI is InChI=1S/C34H38N10O6/c35-33-41-29-27(37-21-39-29)31(43-33)49-19-25-7-3-23(4-8-25)17-47-15-13-45-11-1-2-12-46-14-16-48-18-24-5-9-26(10-6-24)20-50-32-28-30(40-22-38-28)42-34(36)44-32/h1-10,21-22H,11-20H2,(H3,35,37,39,41,43)(H3,36,38,40,42,44). The van der Waals surface area contributed by atoms with E-state index in [1.165, 1.54) is 12.7 Å². The Morgan fingerprint density at radius 3 is 1.30 bits per heavy atom. The molecule has 4 aromatic heterocycles. The summed E-state index contributed by atoms with van der Waals surface area (Å²) in [6, 6.07) is 15.9. The lowest BCUT2D eigenvalue weighted by Crippen LogP contribution is -2.06. The fourth-order valence-corrected chi connectivity index (χ4v) is 4.68. The summed E-state index contributed by atoms with van der Waals surface area (Å²) in [4.78, 5) is 30.5. The van der Waals surface area contributed by atoms with Gasteiger partial charge in [-0.25, -0.2) is 9.97 Å². The van der Waals surface area contributed by atoms with Gasteiger partial charge in [0.05, 0.1) is 65.5 Å². The van der Waals surface area contributed by atoms with Gasteiger partial charge in [-0.15, -0.1) is 0 Å². The molecule has 0 amide bonds. The van der Waals surface area contributed by atoms with Crippen molar-refractivity contribution in [3.05, 3.63) is 95.6 Å². The first-order valence-electron chi connectivity index (χ1n) is 15.9. The molecule has 4 heterocycles. The van der Waals surface area contributed by atoms with Crippen molar-refractivity contribution in [1.29, 1.82) is 0 Å². The number of nitrogens with one attached hydrogen (secondary N) is 2. The number of nitrogens with two attached hydrogens (primary N) is 2. The van der Waals surface area contributed by atoms with Crippen molar-refractivity contribution in [3.8, 4) is 11.8 Å². The lowest BCUT2D eigenvalue weighted by molar-refractivity contribution is 0.0475. The van der Waals surface area contributed by atoms with Gasteiger partial charge in [-0.05, 0) is 22.3 Å². The Morgan fingerprint density at radius 2 is 0.880 bits per heavy atom. The maximum atomic E-state index is 5.83. The number of H-pyrrole nitrogens is 2. The minimum absolute atomic E-state index is 0.114. The molecular formula is C34H38N10O6. The predicted molar refractivity (Wildman–Crippen MR) is 184 cm³/mol. The van der Waals surface area contributed by atoms with Crippen LogP contribution in [0, 0.1) is 0 Å². The van der Waals surface area contributed by atoms with Crippen LogP contribution in [0.1, 0.15) is 22.3 Å². The van der Waals surface area contributed by atoms with E-state index in [4.69, 9.17) is 39.9 Å². The molecule has 0 saturated heterocycles. The van der Waals surface area contributed by atoms with Crippen LogP contribution in [0.4, 0.5) is 11.9 Å². The molecule has 16 heteroatoms. The number of rotatable bonds is 20. The highest BCUT2D eigenvalue weighted by molar-refractivity contribution is 5.77. The van der Waals surface area contributed by atoms with E-state index in [0.717, 1.165) is 22.3 Å². The quantitative estimate of drug-likeness (QED) is 0.0668. The van der Waals surface area contributed by atoms with Crippen molar-refractivity contribution in [3.63, 3.8) is 0 Å². The van der Waals surface area contributed by atoms with Crippen LogP contribution in [0.2, 0.25) is 0 Å². The maximum absolute atomic E-state index is 5.83. The van der Waals surface area contributed by atoms with E-state index in [-0.39, 0.29) is 11.9 Å². The monoisotopic (exact) mass is 682 g/mol. The fraction of sp³-hybridized carbons (Fsp3) is 0.294. The molecule has 6 rings (SSSR count). The second-order valence-corrected chi connectivity index (χ2v) is 10.9. The molecule has 0 spiro atoms. The molecule has 0 saturated carbocycles. The number of benzene rings is 2. The number of nitrogen functional groups attached to an aromatic ring is 2. The minimum Gasteiger partial charge on any atom is -0.471 e. The summed E-state index contributed by atoms with van der Waals surface area (Å²) in [5.41, 5.74) is 17.7. The molecular weight excluding hydrogens is 644 g/mol. The first-order chi connectivity index (χ1) is 24.6. The fourth-order valence-electron chi connectivity index (χ4n) is 4.68. The van der Waals surface area contributed by atoms with Crippen molar-refractivity contribution < 1.29 is 28.4 Å². The Morgan fingerprint density at radius 1 is 0.500 bits per heavy atom. The highest BCUT2D eigenvalue weighted by Crippen LogP contribution is 2.22. The third-order valence-electron chi connectivity index (χ3n) is 7.21. The van der Waals surface area contributed by atoms with Gasteiger partial charge in [-0.2, -0.15) is 19.9 Å². The third kappa shape index (κ3) is 9.93. The molecule has 260 valence electrons. The Balaban J connectivity index is 0.752. The number of anilines is 2. The first-order valence-corrected chi connectivity index (χ1v) is 15.9. The molecule has 50 heavy (non-hydrogen) atoms. The number of imidazole rings is 2. The average molecular weight is 683 g/mol. The SMILES string of the molecule is Nc1nc(OCc2ccc(COCCOCC=CCOCCOCc3ccc(COc4nc(N)nc5nc[nH]c45)cc3)cc2)c2[nH]cnc2n1. The maximum Gasteiger partial charge on any atom is 0.245 e. The number of hydrogen-bond donors (Lipinski definition) is 4. The molecule has 6 N–H and O–H groups in total. The summed E-state index contributed by atoms with van der Waals surface area (Å²) >= 11 is 0. The van der Waals surface area contributed by atoms with Crippen LogP contribution in [0.15, 0.2) is 73.3 Å². The summed E-state index contributed by atoms with van der Waals surface area (Å²) < 4.78 is 34.3. The van der Waals surface area contributed by atoms with Gasteiger partial charge in [0.2, 0.25) is 23.7 Å². The molecule has 0 bridgehead atoms. The zero-order chi connectivity index (χ0) is 34.4. The van der Waals surface area contributed by atoms with Crippen LogP contribution in [0.3, 0.4) is 0 Å². The molecule has 0 fully saturated rings. The highest BCUT2D eigenvalue weighted by atomic mass is 16.5. The van der Waals surface area contributed by atoms with Crippen molar-refractivity contribution >= 4 is 34.2 Å². The molecule has 0 unspecified atom stereocenters. The van der Waals surface area contributed by atoms with E-state index < -0.39 is 0 Å². The van der Waals surface area contributed by atoms with Crippen LogP contribution < -0.4 is 20.9 Å². The smallest absolute Gasteiger partial charge is 0.245 e. The van der Waals surface area contributed by atoms with Gasteiger partial charge >= 0.3 is 0 Å². The van der Waals surface area contributed by atoms with E-state index in [2.05, 4.69) is 39.9 Å². The van der Waals surface area contributed by atoms with Gasteiger partial charge < -0.3 is 49.9 Å². The molecule has 0 aliphatic rings. The Kier molecular flexibility index (Phi) is 12.1. The van der Waals surface area contributed by atoms with Gasteiger partial charge in [-0.1, -0.05) is 60.7 Å². The number of fused-ring (bicyclic) bond motifs is 2. The summed E-state index contributed by atoms with van der Waals surface area (Å²) in [6.07, 6.45) is 6.91. The Hall–Kier alpha value is -5.68. The number of aromatic amines is 2. The predicted octanol–water partition coefficient (Wildman–Crippen LogP) is 3.66. The van der Waals surface area contributed by atoms with Gasteiger partial charge in [0.25, 0.3) is 0 Å². The summed E-state index contributed by atoms with van der Waals surface area (Å²) in [5.74, 6) is 0.966. The van der Waals surface area contributed by atoms with Crippen molar-refractivity contribution in [1.82, 2.24) is 39.9 Å². The number of nitrogens with zero attached hydrogens (tertiary/aromatic N) is 6. The number of aromatic nitrogens is 8. The van der Waals surface area contributed by atoms with Crippen LogP contribution in [-0.4, -0.2) is 79.5 Å². The highest BCUT2D eigenvalue weighted by Gasteiger charge is 2.11. The first kappa shape index (κ1) is 34.2. The van der Waals surface area contributed by atoms with E-state index in [1.807, 2.05) is 60.7 Å². The van der Waals surface area contributed by atoms with Crippen molar-refractivity contribution in [2.45, 2.75) is 26.4 Å². The van der Waals surface area contributed by atoms with Crippen LogP contribution in [0.25, 0.3) is 22.3 Å². The third-order valence-corrected chi connectivity index (χ3v) is 7.21. The largest absolute Gasteiger partial charge is 0.471 e. The van der Waals surface area contributed by atoms with E-state index in [0.29, 0.717) is 100 Å². The minimum atomic E-state index is 0.114. The van der Waals surface area contributed by atoms with Gasteiger partial charge in [0, 0.05) is 0 Å². The van der Waals surface area contributed by atoms with E-state index >= 15 is 0 Å². The molecule has 0 radical (unpaired) electrons. The number of hydrogen-bond acceptors (Lipinski definition) is 14. The molecule has 6 aromatic rings. The zero-order valence-corrected chi connectivity index (χ0v) is 27.3. The lowest BCUT2D eigenvalue weighted by Gasteiger charge is -2.08. The van der Waals surface area contributed by atoms with E-state index in [1.54, 1.807) is 0 Å². The molecule has 0 aliphatic carbocycles. The second kappa shape index (κ2) is 17.6. The average Bonchev–Trinajstić information content (AvgIpc) is 3.81. The summed E-state index contributed by atoms with van der Waals surface area (Å²) in [7, 11) is 0. The number of ether oxygens (including phenoxy) is 6. The van der Waals surface area contributed by atoms with Crippen LogP contribution >= 0.6 is 0 Å². The van der Waals surface area contributed by atoms with E-state index in [9.17, 15) is 0 Å². The summed E-state index contributed by atoms with van der Waals surface area (Å²) in [5, 5.41) is 0. The molecule has 2 aromatic carbocycles. The zero-order valence-electron chi connectivity index (χ0n) is 27.3.